The van der Waals surface area contributed by atoms with Crippen LogP contribution in [0.3, 0.4) is 0 Å². The summed E-state index contributed by atoms with van der Waals surface area (Å²) in [5.74, 6) is 0. The summed E-state index contributed by atoms with van der Waals surface area (Å²) in [6.07, 6.45) is 4.12. The molecule has 0 radical (unpaired) electrons. The maximum atomic E-state index is 8.96. The molecule has 1 atom stereocenters. The Morgan fingerprint density at radius 1 is 1.29 bits per heavy atom. The smallest absolute Gasteiger partial charge is 0.392 e. The van der Waals surface area contributed by atoms with Crippen LogP contribution in [0.2, 0.25) is 0 Å². The number of unbranched alkanes of at least 4 members (excludes halogenated alkanes) is 2. The Balaban J connectivity index is 0. The molecule has 0 amide bonds. The SMILES string of the molecule is CCCCCC(O)CN.O=P(O)(O)O. The summed E-state index contributed by atoms with van der Waals surface area (Å²) in [4.78, 5) is 21.6. The Hall–Kier alpha value is 0.0300. The molecule has 7 heteroatoms. The van der Waals surface area contributed by atoms with Gasteiger partial charge in [0.15, 0.2) is 0 Å². The van der Waals surface area contributed by atoms with Crippen LogP contribution < -0.4 is 5.73 Å². The van der Waals surface area contributed by atoms with Crippen LogP contribution in [0.4, 0.5) is 0 Å². The van der Waals surface area contributed by atoms with Crippen molar-refractivity contribution in [3.63, 3.8) is 0 Å². The maximum absolute atomic E-state index is 8.96. The second-order valence-electron chi connectivity index (χ2n) is 2.90. The summed E-state index contributed by atoms with van der Waals surface area (Å²) in [5.41, 5.74) is 5.20. The third-order valence-corrected chi connectivity index (χ3v) is 1.41. The molecule has 0 aromatic heterocycles. The van der Waals surface area contributed by atoms with E-state index < -0.39 is 7.82 Å². The van der Waals surface area contributed by atoms with E-state index in [0.717, 1.165) is 12.8 Å². The first-order valence-corrected chi connectivity index (χ1v) is 6.04. The number of hydrogen-bond acceptors (Lipinski definition) is 3. The first-order chi connectivity index (χ1) is 6.31. The predicted octanol–water partition coefficient (Wildman–Crippen LogP) is -0.0423. The fraction of sp³-hybridized carbons (Fsp3) is 1.00. The first kappa shape index (κ1) is 16.5. The van der Waals surface area contributed by atoms with Gasteiger partial charge in [0.2, 0.25) is 0 Å². The summed E-state index contributed by atoms with van der Waals surface area (Å²) in [6.45, 7) is 2.55. The van der Waals surface area contributed by atoms with Crippen LogP contribution in [-0.4, -0.2) is 32.4 Å². The van der Waals surface area contributed by atoms with Crippen LogP contribution in [0.1, 0.15) is 32.6 Å². The molecule has 6 nitrogen and oxygen atoms in total. The molecular formula is C7H20NO5P. The lowest BCUT2D eigenvalue weighted by Crippen LogP contribution is -2.19. The Morgan fingerprint density at radius 3 is 2.00 bits per heavy atom. The number of hydrogen-bond donors (Lipinski definition) is 5. The van der Waals surface area contributed by atoms with Gasteiger partial charge in [-0.1, -0.05) is 26.2 Å². The summed E-state index contributed by atoms with van der Waals surface area (Å²) in [7, 11) is -4.64. The van der Waals surface area contributed by atoms with Gasteiger partial charge >= 0.3 is 7.82 Å². The van der Waals surface area contributed by atoms with Gasteiger partial charge in [-0.15, -0.1) is 0 Å². The summed E-state index contributed by atoms with van der Waals surface area (Å²) in [5, 5.41) is 8.96. The van der Waals surface area contributed by atoms with E-state index in [1.165, 1.54) is 12.8 Å². The molecule has 0 aliphatic rings. The van der Waals surface area contributed by atoms with Crippen molar-refractivity contribution in [2.75, 3.05) is 6.54 Å². The summed E-state index contributed by atoms with van der Waals surface area (Å²) < 4.78 is 8.88. The lowest BCUT2D eigenvalue weighted by Gasteiger charge is -2.04. The van der Waals surface area contributed by atoms with Crippen LogP contribution in [0.5, 0.6) is 0 Å². The van der Waals surface area contributed by atoms with Crippen LogP contribution in [0.15, 0.2) is 0 Å². The lowest BCUT2D eigenvalue weighted by molar-refractivity contribution is 0.169. The van der Waals surface area contributed by atoms with Crippen molar-refractivity contribution in [2.24, 2.45) is 5.73 Å². The summed E-state index contributed by atoms with van der Waals surface area (Å²) >= 11 is 0. The zero-order chi connectivity index (χ0) is 11.6. The van der Waals surface area contributed by atoms with Crippen molar-refractivity contribution in [3.8, 4) is 0 Å². The molecule has 6 N–H and O–H groups in total. The highest BCUT2D eigenvalue weighted by Gasteiger charge is 2.00. The van der Waals surface area contributed by atoms with E-state index in [1.807, 2.05) is 0 Å². The normalized spacial score (nSPS) is 13.0. The van der Waals surface area contributed by atoms with Crippen molar-refractivity contribution in [3.05, 3.63) is 0 Å². The number of aliphatic hydroxyl groups is 1. The maximum Gasteiger partial charge on any atom is 0.466 e. The van der Waals surface area contributed by atoms with E-state index in [9.17, 15) is 0 Å². The van der Waals surface area contributed by atoms with Crippen LogP contribution in [0.25, 0.3) is 0 Å². The highest BCUT2D eigenvalue weighted by Crippen LogP contribution is 2.25. The standard InChI is InChI=1S/C7H17NO.H3O4P/c1-2-3-4-5-7(9)6-8;1-5(2,3)4/h7,9H,2-6,8H2,1H3;(H3,1,2,3,4). The van der Waals surface area contributed by atoms with Crippen LogP contribution in [-0.2, 0) is 4.57 Å². The number of nitrogens with two attached hydrogens (primary N) is 1. The molecule has 1 unspecified atom stereocenters. The molecule has 88 valence electrons. The minimum atomic E-state index is -4.64. The van der Waals surface area contributed by atoms with Gasteiger partial charge in [0.25, 0.3) is 0 Å². The van der Waals surface area contributed by atoms with Gasteiger partial charge in [-0.25, -0.2) is 4.57 Å². The molecule has 0 fully saturated rings. The molecule has 0 saturated carbocycles. The third kappa shape index (κ3) is 29.6. The number of phosphoric acid groups is 1. The molecule has 0 aliphatic carbocycles. The number of rotatable bonds is 5. The second kappa shape index (κ2) is 9.58. The molecule has 0 rings (SSSR count). The zero-order valence-electron chi connectivity index (χ0n) is 8.33. The van der Waals surface area contributed by atoms with Crippen molar-refractivity contribution >= 4 is 7.82 Å². The monoisotopic (exact) mass is 229 g/mol. The molecule has 0 spiro atoms. The molecule has 0 aromatic rings. The Labute approximate surface area is 84.0 Å². The Bertz CT molecular complexity index is 152. The minimum Gasteiger partial charge on any atom is -0.392 e. The van der Waals surface area contributed by atoms with E-state index in [0.29, 0.717) is 6.54 Å². The first-order valence-electron chi connectivity index (χ1n) is 4.47. The van der Waals surface area contributed by atoms with Gasteiger partial charge in [-0.3, -0.25) is 0 Å². The van der Waals surface area contributed by atoms with E-state index in [1.54, 1.807) is 0 Å². The van der Waals surface area contributed by atoms with Gasteiger partial charge in [-0.2, -0.15) is 0 Å². The fourth-order valence-corrected chi connectivity index (χ4v) is 0.748. The van der Waals surface area contributed by atoms with E-state index >= 15 is 0 Å². The van der Waals surface area contributed by atoms with Gasteiger partial charge in [0.05, 0.1) is 6.10 Å². The van der Waals surface area contributed by atoms with E-state index in [-0.39, 0.29) is 6.10 Å². The fourth-order valence-electron chi connectivity index (χ4n) is 0.748. The predicted molar refractivity (Wildman–Crippen MR) is 53.5 cm³/mol. The van der Waals surface area contributed by atoms with E-state index in [4.69, 9.17) is 30.1 Å². The molecule has 0 heterocycles. The van der Waals surface area contributed by atoms with Gasteiger partial charge < -0.3 is 25.5 Å². The summed E-state index contributed by atoms with van der Waals surface area (Å²) in [6, 6.07) is 0. The van der Waals surface area contributed by atoms with E-state index in [2.05, 4.69) is 6.92 Å². The van der Waals surface area contributed by atoms with Crippen LogP contribution >= 0.6 is 7.82 Å². The zero-order valence-corrected chi connectivity index (χ0v) is 9.23. The van der Waals surface area contributed by atoms with Crippen molar-refractivity contribution in [2.45, 2.75) is 38.7 Å². The average Bonchev–Trinajstić information content (AvgIpc) is 2.01. The topological polar surface area (TPSA) is 124 Å². The second-order valence-corrected chi connectivity index (χ2v) is 3.93. The van der Waals surface area contributed by atoms with Gasteiger partial charge in [-0.05, 0) is 6.42 Å². The van der Waals surface area contributed by atoms with Crippen LogP contribution in [0, 0.1) is 0 Å². The molecule has 14 heavy (non-hydrogen) atoms. The average molecular weight is 229 g/mol. The van der Waals surface area contributed by atoms with Gasteiger partial charge in [0, 0.05) is 6.54 Å². The molecule has 0 bridgehead atoms. The molecule has 0 aromatic carbocycles. The number of aliphatic hydroxyl groups excluding tert-OH is 1. The van der Waals surface area contributed by atoms with Crippen molar-refractivity contribution < 1.29 is 24.4 Å². The minimum absolute atomic E-state index is 0.267. The largest absolute Gasteiger partial charge is 0.466 e. The third-order valence-electron chi connectivity index (χ3n) is 1.41. The quantitative estimate of drug-likeness (QED) is 0.333. The lowest BCUT2D eigenvalue weighted by atomic mass is 10.1. The highest BCUT2D eigenvalue weighted by molar-refractivity contribution is 7.45. The van der Waals surface area contributed by atoms with Crippen molar-refractivity contribution in [1.82, 2.24) is 0 Å². The molecule has 0 aliphatic heterocycles. The van der Waals surface area contributed by atoms with Gasteiger partial charge in [0.1, 0.15) is 0 Å². The molecule has 0 saturated heterocycles. The Kier molecular flexibility index (Phi) is 11.3. The van der Waals surface area contributed by atoms with Crippen molar-refractivity contribution in [1.29, 1.82) is 0 Å². The molecular weight excluding hydrogens is 209 g/mol. The highest BCUT2D eigenvalue weighted by atomic mass is 31.2. The Morgan fingerprint density at radius 2 is 1.71 bits per heavy atom.